The van der Waals surface area contributed by atoms with Gasteiger partial charge in [-0.3, -0.25) is 0 Å². The van der Waals surface area contributed by atoms with E-state index in [9.17, 15) is 0 Å². The van der Waals surface area contributed by atoms with Crippen molar-refractivity contribution in [3.8, 4) is 0 Å². The third kappa shape index (κ3) is 9120. The van der Waals surface area contributed by atoms with Crippen LogP contribution in [0.3, 0.4) is 0 Å². The van der Waals surface area contributed by atoms with Crippen LogP contribution in [0.1, 0.15) is 0 Å². The molecule has 0 saturated heterocycles. The molecule has 1 radical (unpaired) electrons. The average molecular weight is 1030 g/mol. The summed E-state index contributed by atoms with van der Waals surface area (Å²) in [6, 6.07) is 0. The summed E-state index contributed by atoms with van der Waals surface area (Å²) in [7, 11) is 0. The van der Waals surface area contributed by atoms with Gasteiger partial charge in [0.1, 0.15) is 0 Å². The maximum absolute atomic E-state index is 8.85. The summed E-state index contributed by atoms with van der Waals surface area (Å²) in [6.45, 7) is 0. The molecule has 0 aromatic rings. The third-order valence-electron chi connectivity index (χ3n) is 0. The molecule has 0 aromatic heterocycles. The van der Waals surface area contributed by atoms with Crippen molar-refractivity contribution in [1.82, 2.24) is 0 Å². The van der Waals surface area contributed by atoms with Crippen LogP contribution >= 0.6 is 0 Å². The Hall–Kier alpha value is 1.76. The maximum atomic E-state index is 8.85. The molecule has 24 nitrogen and oxygen atoms in total. The fourth-order valence-electron chi connectivity index (χ4n) is 0. The Labute approximate surface area is 200 Å². The van der Waals surface area contributed by atoms with Crippen LogP contribution in [0.15, 0.2) is 0 Å². The monoisotopic (exact) mass is 1040 g/mol. The molecule has 0 aliphatic rings. The predicted octanol–water partition coefficient (Wildman–Crippen LogP) is -8.13. The Morgan fingerprint density at radius 2 is 0.226 bits per heavy atom. The van der Waals surface area contributed by atoms with Gasteiger partial charge in [0.05, 0.1) is 0 Å². The Balaban J connectivity index is -0.0000000443. The molecular weight excluding hydrogens is 1020 g/mol. The van der Waals surface area contributed by atoms with E-state index in [4.69, 9.17) is 85.9 Å². The van der Waals surface area contributed by atoms with Crippen molar-refractivity contribution in [2.45, 2.75) is 0 Å². The molecule has 0 saturated carbocycles. The van der Waals surface area contributed by atoms with Crippen molar-refractivity contribution in [3.63, 3.8) is 0 Å². The van der Waals surface area contributed by atoms with E-state index in [1.165, 1.54) is 0 Å². The first-order chi connectivity index (χ1) is 12.0. The molecule has 0 unspecified atom stereocenters. The Bertz CT molecular complexity index is 760. The van der Waals surface area contributed by atoms with Gasteiger partial charge in [-0.15, -0.1) is 0 Å². The van der Waals surface area contributed by atoms with Gasteiger partial charge in [-0.2, -0.15) is 0 Å². The second-order valence-electron chi connectivity index (χ2n) is 2.69. The standard InChI is InChI=1S/Co.6Mo.12H2O.12O/h;;;;;;;12*1H2;;;;;;;;;;;;/q;6*+2;;;;;;;;;;;;;;;;;;;;;;;;/p-12. The van der Waals surface area contributed by atoms with Crippen LogP contribution in [0.25, 0.3) is 0 Å². The topological polar surface area (TPSA) is 448 Å². The molecule has 31 heteroatoms. The van der Waals surface area contributed by atoms with Gasteiger partial charge in [-0.1, -0.05) is 0 Å². The molecule has 201 valence electrons. The van der Waals surface area contributed by atoms with E-state index >= 15 is 0 Å². The van der Waals surface area contributed by atoms with Gasteiger partial charge in [0, 0.05) is 16.8 Å². The Morgan fingerprint density at radius 3 is 0.226 bits per heavy atom. The quantitative estimate of drug-likeness (QED) is 0.100. The van der Waals surface area contributed by atoms with Crippen LogP contribution in [0.2, 0.25) is 0 Å². The Morgan fingerprint density at radius 1 is 0.226 bits per heavy atom. The fraction of sp³-hybridized carbons (Fsp3) is 0. The molecule has 0 bridgehead atoms. The van der Waals surface area contributed by atoms with Gasteiger partial charge >= 0.3 is 186 Å². The van der Waals surface area contributed by atoms with Crippen LogP contribution in [-0.2, 0) is 158 Å². The third-order valence-corrected chi connectivity index (χ3v) is 0. The summed E-state index contributed by atoms with van der Waals surface area (Å²) in [6.07, 6.45) is 0. The van der Waals surface area contributed by atoms with Crippen LogP contribution < -0.4 is 0 Å². The van der Waals surface area contributed by atoms with Gasteiger partial charge in [-0.25, -0.2) is 0 Å². The summed E-state index contributed by atoms with van der Waals surface area (Å²) >= 11 is -33.1. The number of hydrogen-bond acceptors (Lipinski definition) is 12. The first-order valence-electron chi connectivity index (χ1n) is 4.19. The summed E-state index contributed by atoms with van der Waals surface area (Å²) in [5.74, 6) is 0. The van der Waals surface area contributed by atoms with Gasteiger partial charge < -0.3 is 0 Å². The van der Waals surface area contributed by atoms with Crippen LogP contribution in [0, 0.1) is 0 Å². The second-order valence-corrected chi connectivity index (χ2v) is 15.9. The molecule has 0 aromatic carbocycles. The van der Waals surface area contributed by atoms with E-state index < -0.39 is 100 Å². The Kier molecular flexibility index (Phi) is 33.8. The first kappa shape index (κ1) is 49.8. The van der Waals surface area contributed by atoms with Crippen molar-refractivity contribution in [3.05, 3.63) is 0 Å². The van der Waals surface area contributed by atoms with Gasteiger partial charge in [0.2, 0.25) is 0 Å². The molecule has 12 N–H and O–H groups in total. The normalized spacial score (nSPS) is 11.2. The molecule has 0 aliphatic heterocycles. The zero-order valence-corrected chi connectivity index (χ0v) is 26.1. The molecule has 0 heterocycles. The molecule has 0 fully saturated rings. The van der Waals surface area contributed by atoms with E-state index in [0.29, 0.717) is 0 Å². The van der Waals surface area contributed by atoms with E-state index in [-0.39, 0.29) is 16.8 Å². The molecule has 0 spiro atoms. The minimum atomic E-state index is -5.52. The van der Waals surface area contributed by atoms with E-state index in [2.05, 4.69) is 0 Å². The summed E-state index contributed by atoms with van der Waals surface area (Å²) in [5, 5.41) is 0. The van der Waals surface area contributed by atoms with E-state index in [1.54, 1.807) is 0 Å². The molecule has 31 heavy (non-hydrogen) atoms. The van der Waals surface area contributed by atoms with Crippen molar-refractivity contribution in [2.75, 3.05) is 0 Å². The predicted molar refractivity (Wildman–Crippen MR) is 34.9 cm³/mol. The minimum absolute atomic E-state index is 0. The van der Waals surface area contributed by atoms with Crippen LogP contribution in [0.5, 0.6) is 0 Å². The average Bonchev–Trinajstić information content (AvgIpc) is 1.94. The van der Waals surface area contributed by atoms with Crippen molar-refractivity contribution < 1.29 is 203 Å². The van der Waals surface area contributed by atoms with Gasteiger partial charge in [0.15, 0.2) is 0 Å². The molecular formula is H12CoMo6O24. The zero-order valence-electron chi connectivity index (χ0n) is 13.0. The first-order valence-corrected chi connectivity index (χ1v) is 24.8. The van der Waals surface area contributed by atoms with Gasteiger partial charge in [0.25, 0.3) is 0 Å². The van der Waals surface area contributed by atoms with Crippen LogP contribution in [0.4, 0.5) is 0 Å². The molecule has 0 rings (SSSR count). The van der Waals surface area contributed by atoms with E-state index in [0.717, 1.165) is 0 Å². The zero-order chi connectivity index (χ0) is 27.0. The SMILES string of the molecule is [Co].[O]=[Mo](=[O])([OH])[OH].[O]=[Mo](=[O])([OH])[OH].[O]=[Mo](=[O])([OH])[OH].[O]=[Mo](=[O])([OH])[OH].[O]=[Mo](=[O])([OH])[OH].[O]=[Mo](=[O])([OH])[OH]. The van der Waals surface area contributed by atoms with Crippen molar-refractivity contribution in [1.29, 1.82) is 0 Å². The fourth-order valence-corrected chi connectivity index (χ4v) is 0. The van der Waals surface area contributed by atoms with Gasteiger partial charge in [-0.05, 0) is 0 Å². The van der Waals surface area contributed by atoms with Crippen LogP contribution in [-0.4, -0.2) is 45.1 Å². The van der Waals surface area contributed by atoms with E-state index in [1.807, 2.05) is 0 Å². The molecule has 0 atom stereocenters. The molecule has 0 aliphatic carbocycles. The van der Waals surface area contributed by atoms with Crippen molar-refractivity contribution in [2.24, 2.45) is 0 Å². The summed E-state index contributed by atoms with van der Waals surface area (Å²) in [4.78, 5) is 0. The van der Waals surface area contributed by atoms with Crippen molar-refractivity contribution >= 4 is 0 Å². The number of hydrogen-bond donors (Lipinski definition) is 12. The summed E-state index contributed by atoms with van der Waals surface area (Å²) in [5.41, 5.74) is 0. The second kappa shape index (κ2) is 21.1. The summed E-state index contributed by atoms with van der Waals surface area (Å²) < 4.78 is 192. The molecule has 0 amide bonds. The number of rotatable bonds is 0.